The minimum Gasteiger partial charge on any atom is -0.506 e. The summed E-state index contributed by atoms with van der Waals surface area (Å²) in [6.45, 7) is -0.388. The second-order valence-corrected chi connectivity index (χ2v) is 5.67. The van der Waals surface area contributed by atoms with Crippen LogP contribution in [0.15, 0.2) is 46.0 Å². The fraction of sp³-hybridized carbons (Fsp3) is 0.0625. The van der Waals surface area contributed by atoms with Crippen LogP contribution in [0.5, 0.6) is 11.5 Å². The third kappa shape index (κ3) is 4.78. The van der Waals surface area contributed by atoms with Gasteiger partial charge in [0.05, 0.1) is 21.2 Å². The van der Waals surface area contributed by atoms with Gasteiger partial charge in [0.15, 0.2) is 6.61 Å². The molecule has 0 saturated heterocycles. The SMILES string of the molecule is N#Cc1ccccc1OCC(=O)N/N=C/c1cc([N+](=O)[O-])cc(Br)c1O. The van der Waals surface area contributed by atoms with E-state index in [9.17, 15) is 20.0 Å². The van der Waals surface area contributed by atoms with Gasteiger partial charge in [-0.3, -0.25) is 14.9 Å². The fourth-order valence-electron chi connectivity index (χ4n) is 1.84. The lowest BCUT2D eigenvalue weighted by atomic mass is 10.2. The molecule has 0 unspecified atom stereocenters. The first kappa shape index (κ1) is 18.9. The molecule has 26 heavy (non-hydrogen) atoms. The molecule has 0 bridgehead atoms. The van der Waals surface area contributed by atoms with Crippen molar-refractivity contribution in [2.75, 3.05) is 6.61 Å². The van der Waals surface area contributed by atoms with Crippen molar-refractivity contribution in [3.05, 3.63) is 62.1 Å². The van der Waals surface area contributed by atoms with Crippen molar-refractivity contribution in [2.45, 2.75) is 0 Å². The quantitative estimate of drug-likeness (QED) is 0.419. The van der Waals surface area contributed by atoms with E-state index in [0.29, 0.717) is 0 Å². The molecular weight excluding hydrogens is 408 g/mol. The number of amides is 1. The van der Waals surface area contributed by atoms with Crippen LogP contribution in [0, 0.1) is 21.4 Å². The highest BCUT2D eigenvalue weighted by atomic mass is 79.9. The van der Waals surface area contributed by atoms with Crippen LogP contribution >= 0.6 is 15.9 Å². The lowest BCUT2D eigenvalue weighted by Crippen LogP contribution is -2.24. The van der Waals surface area contributed by atoms with Crippen molar-refractivity contribution in [3.63, 3.8) is 0 Å². The summed E-state index contributed by atoms with van der Waals surface area (Å²) >= 11 is 3.00. The molecule has 2 N–H and O–H groups in total. The van der Waals surface area contributed by atoms with Crippen molar-refractivity contribution in [1.82, 2.24) is 5.43 Å². The van der Waals surface area contributed by atoms with E-state index in [1.54, 1.807) is 24.3 Å². The van der Waals surface area contributed by atoms with E-state index in [4.69, 9.17) is 10.00 Å². The Morgan fingerprint density at radius 1 is 1.46 bits per heavy atom. The number of hydrogen-bond donors (Lipinski definition) is 2. The highest BCUT2D eigenvalue weighted by Gasteiger charge is 2.13. The number of phenols is 1. The van der Waals surface area contributed by atoms with Crippen LogP contribution in [0.2, 0.25) is 0 Å². The number of aromatic hydroxyl groups is 1. The molecule has 0 fully saturated rings. The van der Waals surface area contributed by atoms with E-state index in [2.05, 4.69) is 26.5 Å². The Labute approximate surface area is 155 Å². The van der Waals surface area contributed by atoms with Crippen LogP contribution in [-0.2, 0) is 4.79 Å². The van der Waals surface area contributed by atoms with Gasteiger partial charge in [-0.1, -0.05) is 12.1 Å². The Morgan fingerprint density at radius 3 is 2.88 bits per heavy atom. The second-order valence-electron chi connectivity index (χ2n) is 4.81. The summed E-state index contributed by atoms with van der Waals surface area (Å²) in [7, 11) is 0. The number of non-ortho nitro benzene ring substituents is 1. The number of nitriles is 1. The van der Waals surface area contributed by atoms with Gasteiger partial charge in [-0.2, -0.15) is 10.4 Å². The first-order chi connectivity index (χ1) is 12.4. The number of nitro groups is 1. The molecule has 0 spiro atoms. The van der Waals surface area contributed by atoms with Crippen LogP contribution in [0.25, 0.3) is 0 Å². The number of ether oxygens (including phenoxy) is 1. The Balaban J connectivity index is 1.99. The topological polar surface area (TPSA) is 138 Å². The second kappa shape index (κ2) is 8.59. The van der Waals surface area contributed by atoms with Crippen LogP contribution in [0.1, 0.15) is 11.1 Å². The number of hydrazone groups is 1. The zero-order chi connectivity index (χ0) is 19.1. The van der Waals surface area contributed by atoms with Gasteiger partial charge in [0.1, 0.15) is 17.6 Å². The molecule has 132 valence electrons. The third-order valence-electron chi connectivity index (χ3n) is 3.05. The summed E-state index contributed by atoms with van der Waals surface area (Å²) < 4.78 is 5.35. The van der Waals surface area contributed by atoms with Gasteiger partial charge in [-0.05, 0) is 28.1 Å². The predicted octanol–water partition coefficient (Wildman–Crippen LogP) is 2.46. The Morgan fingerprint density at radius 2 is 2.19 bits per heavy atom. The molecule has 0 heterocycles. The summed E-state index contributed by atoms with van der Waals surface area (Å²) in [6, 6.07) is 10.6. The largest absolute Gasteiger partial charge is 0.506 e. The number of carbonyl (C=O) groups is 1. The first-order valence-electron chi connectivity index (χ1n) is 7.03. The van der Waals surface area contributed by atoms with Gasteiger partial charge in [-0.15, -0.1) is 0 Å². The van der Waals surface area contributed by atoms with Gasteiger partial charge in [0.25, 0.3) is 11.6 Å². The minimum atomic E-state index is -0.624. The molecule has 10 heteroatoms. The third-order valence-corrected chi connectivity index (χ3v) is 3.65. The minimum absolute atomic E-state index is 0.0436. The number of phenolic OH excluding ortho intramolecular Hbond substituents is 1. The molecule has 2 aromatic rings. The molecule has 0 aromatic heterocycles. The van der Waals surface area contributed by atoms with Crippen LogP contribution < -0.4 is 10.2 Å². The van der Waals surface area contributed by atoms with Crippen molar-refractivity contribution >= 4 is 33.7 Å². The van der Waals surface area contributed by atoms with Crippen molar-refractivity contribution < 1.29 is 19.6 Å². The maximum atomic E-state index is 11.7. The maximum absolute atomic E-state index is 11.7. The van der Waals surface area contributed by atoms with Crippen LogP contribution in [0.4, 0.5) is 5.69 Å². The molecule has 2 rings (SSSR count). The molecule has 0 aliphatic heterocycles. The smallest absolute Gasteiger partial charge is 0.277 e. The molecule has 0 aliphatic rings. The van der Waals surface area contributed by atoms with Gasteiger partial charge >= 0.3 is 0 Å². The lowest BCUT2D eigenvalue weighted by Gasteiger charge is -2.06. The number of nitrogens with zero attached hydrogens (tertiary/aromatic N) is 3. The fourth-order valence-corrected chi connectivity index (χ4v) is 2.31. The highest BCUT2D eigenvalue weighted by Crippen LogP contribution is 2.31. The zero-order valence-corrected chi connectivity index (χ0v) is 14.6. The van der Waals surface area contributed by atoms with E-state index in [-0.39, 0.29) is 39.4 Å². The molecule has 1 amide bonds. The summed E-state index contributed by atoms with van der Waals surface area (Å²) in [6.07, 6.45) is 1.06. The van der Waals surface area contributed by atoms with Crippen LogP contribution in [-0.4, -0.2) is 28.8 Å². The monoisotopic (exact) mass is 418 g/mol. The Hall–Kier alpha value is -3.45. The molecule has 0 aliphatic carbocycles. The summed E-state index contributed by atoms with van der Waals surface area (Å²) in [5, 5.41) is 33.2. The van der Waals surface area contributed by atoms with Crippen molar-refractivity contribution in [1.29, 1.82) is 5.26 Å². The number of hydrogen-bond acceptors (Lipinski definition) is 7. The summed E-state index contributed by atoms with van der Waals surface area (Å²) in [4.78, 5) is 21.9. The van der Waals surface area contributed by atoms with E-state index in [0.717, 1.165) is 18.3 Å². The van der Waals surface area contributed by atoms with Crippen molar-refractivity contribution in [3.8, 4) is 17.6 Å². The van der Waals surface area contributed by atoms with E-state index in [1.165, 1.54) is 0 Å². The number of halogens is 1. The highest BCUT2D eigenvalue weighted by molar-refractivity contribution is 9.10. The summed E-state index contributed by atoms with van der Waals surface area (Å²) in [5.74, 6) is -0.611. The number of nitro benzene ring substituents is 1. The van der Waals surface area contributed by atoms with Crippen LogP contribution in [0.3, 0.4) is 0 Å². The number of benzene rings is 2. The van der Waals surface area contributed by atoms with E-state index in [1.807, 2.05) is 6.07 Å². The first-order valence-corrected chi connectivity index (χ1v) is 7.82. The number of carbonyl (C=O) groups excluding carboxylic acids is 1. The number of nitrogens with one attached hydrogen (secondary N) is 1. The average molecular weight is 419 g/mol. The zero-order valence-electron chi connectivity index (χ0n) is 13.0. The maximum Gasteiger partial charge on any atom is 0.277 e. The molecule has 0 saturated carbocycles. The molecule has 2 aromatic carbocycles. The normalized spacial score (nSPS) is 10.3. The van der Waals surface area contributed by atoms with Gasteiger partial charge in [0, 0.05) is 17.7 Å². The average Bonchev–Trinajstić information content (AvgIpc) is 2.63. The Bertz CT molecular complexity index is 923. The molecule has 0 radical (unpaired) electrons. The molecular formula is C16H11BrN4O5. The van der Waals surface area contributed by atoms with Gasteiger partial charge in [0.2, 0.25) is 0 Å². The summed E-state index contributed by atoms with van der Waals surface area (Å²) in [5.41, 5.74) is 2.24. The predicted molar refractivity (Wildman–Crippen MR) is 94.8 cm³/mol. The van der Waals surface area contributed by atoms with Crippen molar-refractivity contribution in [2.24, 2.45) is 5.10 Å². The van der Waals surface area contributed by atoms with Gasteiger partial charge in [-0.25, -0.2) is 5.43 Å². The van der Waals surface area contributed by atoms with E-state index >= 15 is 0 Å². The van der Waals surface area contributed by atoms with Gasteiger partial charge < -0.3 is 9.84 Å². The number of rotatable bonds is 6. The standard InChI is InChI=1S/C16H11BrN4O5/c17-13-6-12(21(24)25)5-11(16(13)23)8-19-20-15(22)9-26-14-4-2-1-3-10(14)7-18/h1-6,8,23H,9H2,(H,20,22)/b19-8+. The number of para-hydroxylation sites is 1. The Kier molecular flexibility index (Phi) is 6.24. The van der Waals surface area contributed by atoms with E-state index < -0.39 is 10.8 Å². The lowest BCUT2D eigenvalue weighted by molar-refractivity contribution is -0.385. The molecule has 0 atom stereocenters. The molecule has 9 nitrogen and oxygen atoms in total.